The highest BCUT2D eigenvalue weighted by atomic mass is 16.5. The van der Waals surface area contributed by atoms with E-state index >= 15 is 0 Å². The Morgan fingerprint density at radius 2 is 2.00 bits per heavy atom. The number of aromatic nitrogens is 2. The second-order valence-electron chi connectivity index (χ2n) is 7.16. The Morgan fingerprint density at radius 3 is 2.69 bits per heavy atom. The maximum atomic E-state index is 9.31. The maximum Gasteiger partial charge on any atom is 0.225 e. The van der Waals surface area contributed by atoms with Crippen LogP contribution in [-0.4, -0.2) is 41.4 Å². The fourth-order valence-corrected chi connectivity index (χ4v) is 3.09. The van der Waals surface area contributed by atoms with E-state index in [2.05, 4.69) is 47.2 Å². The summed E-state index contributed by atoms with van der Waals surface area (Å²) in [6, 6.07) is 8.27. The third-order valence-corrected chi connectivity index (χ3v) is 4.72. The van der Waals surface area contributed by atoms with E-state index in [0.717, 1.165) is 36.8 Å². The molecule has 0 spiro atoms. The van der Waals surface area contributed by atoms with Gasteiger partial charge in [-0.15, -0.1) is 0 Å². The van der Waals surface area contributed by atoms with Crippen LogP contribution in [0.15, 0.2) is 24.3 Å². The lowest BCUT2D eigenvalue weighted by molar-refractivity contribution is 0.281. The highest BCUT2D eigenvalue weighted by molar-refractivity contribution is 5.49. The smallest absolute Gasteiger partial charge is 0.225 e. The number of hydrogen-bond acceptors (Lipinski definition) is 6. The van der Waals surface area contributed by atoms with Crippen LogP contribution in [0.5, 0.6) is 5.75 Å². The summed E-state index contributed by atoms with van der Waals surface area (Å²) >= 11 is 0. The highest BCUT2D eigenvalue weighted by Gasteiger charge is 2.20. The lowest BCUT2D eigenvalue weighted by Crippen LogP contribution is -2.32. The molecular formula is C20H28N4O2. The van der Waals surface area contributed by atoms with Crippen LogP contribution < -0.4 is 15.0 Å². The SMILES string of the molecule is COc1ccc2c(c1)CCN(c1cc(C(C)C)nc(N[C@@H](C)CO)n1)C2. The van der Waals surface area contributed by atoms with Crippen molar-refractivity contribution in [1.29, 1.82) is 0 Å². The molecule has 1 atom stereocenters. The van der Waals surface area contributed by atoms with Crippen LogP contribution in [0.2, 0.25) is 0 Å². The van der Waals surface area contributed by atoms with E-state index in [0.29, 0.717) is 11.9 Å². The molecule has 2 heterocycles. The van der Waals surface area contributed by atoms with Crippen molar-refractivity contribution >= 4 is 11.8 Å². The zero-order valence-electron chi connectivity index (χ0n) is 16.0. The number of fused-ring (bicyclic) bond motifs is 1. The Morgan fingerprint density at radius 1 is 1.19 bits per heavy atom. The molecule has 6 nitrogen and oxygen atoms in total. The number of hydrogen-bond donors (Lipinski definition) is 2. The van der Waals surface area contributed by atoms with Crippen molar-refractivity contribution in [3.05, 3.63) is 41.1 Å². The van der Waals surface area contributed by atoms with Gasteiger partial charge < -0.3 is 20.1 Å². The van der Waals surface area contributed by atoms with Gasteiger partial charge in [0, 0.05) is 25.2 Å². The number of nitrogens with one attached hydrogen (secondary N) is 1. The Bertz CT molecular complexity index is 763. The summed E-state index contributed by atoms with van der Waals surface area (Å²) in [4.78, 5) is 11.6. The Hall–Kier alpha value is -2.34. The summed E-state index contributed by atoms with van der Waals surface area (Å²) in [5.41, 5.74) is 3.65. The van der Waals surface area contributed by atoms with Crippen LogP contribution in [0, 0.1) is 0 Å². The molecule has 0 aliphatic carbocycles. The topological polar surface area (TPSA) is 70.5 Å². The van der Waals surface area contributed by atoms with Gasteiger partial charge in [0.05, 0.1) is 19.4 Å². The molecule has 1 aromatic heterocycles. The molecule has 1 aliphatic heterocycles. The number of nitrogens with zero attached hydrogens (tertiary/aromatic N) is 3. The van der Waals surface area contributed by atoms with Gasteiger partial charge in [-0.05, 0) is 42.5 Å². The predicted molar refractivity (Wildman–Crippen MR) is 104 cm³/mol. The van der Waals surface area contributed by atoms with Crippen LogP contribution >= 0.6 is 0 Å². The quantitative estimate of drug-likeness (QED) is 0.829. The lowest BCUT2D eigenvalue weighted by Gasteiger charge is -2.30. The van der Waals surface area contributed by atoms with Gasteiger partial charge in [-0.1, -0.05) is 19.9 Å². The molecule has 0 unspecified atom stereocenters. The maximum absolute atomic E-state index is 9.31. The summed E-state index contributed by atoms with van der Waals surface area (Å²) in [6.07, 6.45) is 0.962. The number of anilines is 2. The standard InChI is InChI=1S/C20H28N4O2/c1-13(2)18-10-19(23-20(22-18)21-14(3)12-25)24-8-7-15-9-17(26-4)6-5-16(15)11-24/h5-6,9-10,13-14,25H,7-8,11-12H2,1-4H3,(H,21,22,23)/t14-/m0/s1. The van der Waals surface area contributed by atoms with Gasteiger partial charge in [-0.3, -0.25) is 0 Å². The van der Waals surface area contributed by atoms with E-state index in [4.69, 9.17) is 9.72 Å². The van der Waals surface area contributed by atoms with Gasteiger partial charge in [-0.2, -0.15) is 4.98 Å². The molecule has 0 amide bonds. The highest BCUT2D eigenvalue weighted by Crippen LogP contribution is 2.28. The first-order valence-corrected chi connectivity index (χ1v) is 9.17. The fraction of sp³-hybridized carbons (Fsp3) is 0.500. The molecule has 1 aromatic carbocycles. The zero-order valence-corrected chi connectivity index (χ0v) is 16.0. The number of ether oxygens (including phenoxy) is 1. The second-order valence-corrected chi connectivity index (χ2v) is 7.16. The molecule has 2 aromatic rings. The average Bonchev–Trinajstić information content (AvgIpc) is 2.66. The van der Waals surface area contributed by atoms with Gasteiger partial charge in [0.25, 0.3) is 0 Å². The third kappa shape index (κ3) is 4.07. The van der Waals surface area contributed by atoms with Gasteiger partial charge in [0.2, 0.25) is 5.95 Å². The van der Waals surface area contributed by atoms with Crippen LogP contribution in [0.3, 0.4) is 0 Å². The molecular weight excluding hydrogens is 328 g/mol. The molecule has 3 rings (SSSR count). The van der Waals surface area contributed by atoms with Crippen molar-refractivity contribution in [3.8, 4) is 5.75 Å². The molecule has 1 aliphatic rings. The lowest BCUT2D eigenvalue weighted by atomic mass is 9.99. The minimum absolute atomic E-state index is 0.0452. The van der Waals surface area contributed by atoms with E-state index in [-0.39, 0.29) is 12.6 Å². The first-order chi connectivity index (χ1) is 12.5. The molecule has 0 fully saturated rings. The predicted octanol–water partition coefficient (Wildman–Crippen LogP) is 2.96. The van der Waals surface area contributed by atoms with Gasteiger partial charge in [-0.25, -0.2) is 4.98 Å². The van der Waals surface area contributed by atoms with Crippen molar-refractivity contribution in [3.63, 3.8) is 0 Å². The average molecular weight is 356 g/mol. The number of methoxy groups -OCH3 is 1. The first kappa shape index (κ1) is 18.5. The van der Waals surface area contributed by atoms with Crippen LogP contribution in [0.25, 0.3) is 0 Å². The van der Waals surface area contributed by atoms with Crippen molar-refractivity contribution in [2.75, 3.05) is 30.5 Å². The second kappa shape index (κ2) is 7.91. The number of aliphatic hydroxyl groups is 1. The van der Waals surface area contributed by atoms with Crippen molar-refractivity contribution < 1.29 is 9.84 Å². The summed E-state index contributed by atoms with van der Waals surface area (Å²) in [7, 11) is 1.70. The summed E-state index contributed by atoms with van der Waals surface area (Å²) in [5, 5.41) is 12.5. The Kier molecular flexibility index (Phi) is 5.61. The molecule has 2 N–H and O–H groups in total. The molecule has 0 saturated heterocycles. The monoisotopic (exact) mass is 356 g/mol. The largest absolute Gasteiger partial charge is 0.497 e. The van der Waals surface area contributed by atoms with E-state index in [1.165, 1.54) is 11.1 Å². The third-order valence-electron chi connectivity index (χ3n) is 4.72. The normalized spacial score (nSPS) is 14.9. The van der Waals surface area contributed by atoms with E-state index < -0.39 is 0 Å². The van der Waals surface area contributed by atoms with Gasteiger partial charge in [0.15, 0.2) is 0 Å². The molecule has 0 saturated carbocycles. The van der Waals surface area contributed by atoms with Crippen molar-refractivity contribution in [1.82, 2.24) is 9.97 Å². The first-order valence-electron chi connectivity index (χ1n) is 9.17. The van der Waals surface area contributed by atoms with Gasteiger partial charge >= 0.3 is 0 Å². The molecule has 0 radical (unpaired) electrons. The number of benzene rings is 1. The molecule has 0 bridgehead atoms. The van der Waals surface area contributed by atoms with E-state index in [1.54, 1.807) is 7.11 Å². The fourth-order valence-electron chi connectivity index (χ4n) is 3.09. The Balaban J connectivity index is 1.88. The van der Waals surface area contributed by atoms with E-state index in [9.17, 15) is 5.11 Å². The van der Waals surface area contributed by atoms with Crippen LogP contribution in [-0.2, 0) is 13.0 Å². The Labute approximate surface area is 155 Å². The molecule has 6 heteroatoms. The summed E-state index contributed by atoms with van der Waals surface area (Å²) < 4.78 is 5.33. The van der Waals surface area contributed by atoms with Crippen LogP contribution in [0.4, 0.5) is 11.8 Å². The minimum atomic E-state index is -0.0835. The molecule has 140 valence electrons. The van der Waals surface area contributed by atoms with Crippen molar-refractivity contribution in [2.24, 2.45) is 0 Å². The minimum Gasteiger partial charge on any atom is -0.497 e. The zero-order chi connectivity index (χ0) is 18.7. The molecule has 26 heavy (non-hydrogen) atoms. The summed E-state index contributed by atoms with van der Waals surface area (Å²) in [5.74, 6) is 2.72. The van der Waals surface area contributed by atoms with E-state index in [1.807, 2.05) is 13.0 Å². The van der Waals surface area contributed by atoms with Gasteiger partial charge in [0.1, 0.15) is 11.6 Å². The number of aliphatic hydroxyl groups excluding tert-OH is 1. The van der Waals surface area contributed by atoms with Crippen LogP contribution in [0.1, 0.15) is 43.5 Å². The van der Waals surface area contributed by atoms with Crippen molar-refractivity contribution in [2.45, 2.75) is 45.7 Å². The number of rotatable bonds is 6. The summed E-state index contributed by atoms with van der Waals surface area (Å²) in [6.45, 7) is 7.94.